The third kappa shape index (κ3) is 5.14. The Morgan fingerprint density at radius 1 is 1.41 bits per heavy atom. The molecule has 17 heavy (non-hydrogen) atoms. The lowest BCUT2D eigenvalue weighted by atomic mass is 10.3. The van der Waals surface area contributed by atoms with Crippen LogP contribution in [0.4, 0.5) is 5.69 Å². The number of nitrogens with one attached hydrogen (secondary N) is 1. The molecule has 0 aromatic heterocycles. The predicted molar refractivity (Wildman–Crippen MR) is 67.4 cm³/mol. The van der Waals surface area contributed by atoms with Gasteiger partial charge in [-0.15, -0.1) is 0 Å². The minimum absolute atomic E-state index is 0.0454. The zero-order valence-corrected chi connectivity index (χ0v) is 10.0. The molecule has 1 amide bonds. The van der Waals surface area contributed by atoms with Crippen molar-refractivity contribution in [3.63, 3.8) is 0 Å². The van der Waals surface area contributed by atoms with Gasteiger partial charge in [-0.25, -0.2) is 0 Å². The summed E-state index contributed by atoms with van der Waals surface area (Å²) in [6, 6.07) is 11.4. The molecule has 0 unspecified atom stereocenters. The molecule has 0 saturated heterocycles. The Hall–Kier alpha value is -1.86. The largest absolute Gasteiger partial charge is 0.325 e. The van der Waals surface area contributed by atoms with Crippen LogP contribution in [0.25, 0.3) is 0 Å². The summed E-state index contributed by atoms with van der Waals surface area (Å²) in [5.41, 5.74) is 0.800. The van der Waals surface area contributed by atoms with Crippen LogP contribution in [0.5, 0.6) is 0 Å². The van der Waals surface area contributed by atoms with E-state index in [1.807, 2.05) is 42.2 Å². The van der Waals surface area contributed by atoms with Gasteiger partial charge in [-0.3, -0.25) is 9.69 Å². The summed E-state index contributed by atoms with van der Waals surface area (Å²) >= 11 is 0. The third-order valence-corrected chi connectivity index (χ3v) is 2.41. The van der Waals surface area contributed by atoms with Gasteiger partial charge < -0.3 is 5.32 Å². The van der Waals surface area contributed by atoms with Crippen LogP contribution < -0.4 is 5.32 Å². The summed E-state index contributed by atoms with van der Waals surface area (Å²) in [5.74, 6) is -0.0454. The number of benzene rings is 1. The normalized spacial score (nSPS) is 9.94. The Balaban J connectivity index is 2.40. The highest BCUT2D eigenvalue weighted by molar-refractivity contribution is 5.92. The number of nitriles is 1. The first-order valence-electron chi connectivity index (χ1n) is 5.70. The first-order valence-corrected chi connectivity index (χ1v) is 5.70. The zero-order valence-electron chi connectivity index (χ0n) is 10.0. The van der Waals surface area contributed by atoms with Crippen molar-refractivity contribution in [1.82, 2.24) is 4.90 Å². The average Bonchev–Trinajstić information content (AvgIpc) is 2.35. The minimum Gasteiger partial charge on any atom is -0.325 e. The molecule has 0 bridgehead atoms. The maximum atomic E-state index is 11.7. The molecule has 4 nitrogen and oxygen atoms in total. The van der Waals surface area contributed by atoms with Crippen LogP contribution in [0.15, 0.2) is 30.3 Å². The Bertz CT molecular complexity index is 383. The molecule has 4 heteroatoms. The van der Waals surface area contributed by atoms with Crippen LogP contribution in [-0.4, -0.2) is 30.4 Å². The molecule has 1 N–H and O–H groups in total. The van der Waals surface area contributed by atoms with E-state index in [0.717, 1.165) is 12.2 Å². The summed E-state index contributed by atoms with van der Waals surface area (Å²) < 4.78 is 0. The summed E-state index contributed by atoms with van der Waals surface area (Å²) in [5, 5.41) is 11.3. The van der Waals surface area contributed by atoms with Crippen LogP contribution in [-0.2, 0) is 4.79 Å². The zero-order chi connectivity index (χ0) is 12.5. The van der Waals surface area contributed by atoms with Gasteiger partial charge in [0.1, 0.15) is 0 Å². The third-order valence-electron chi connectivity index (χ3n) is 2.41. The van der Waals surface area contributed by atoms with E-state index in [0.29, 0.717) is 19.5 Å². The number of carbonyl (C=O) groups is 1. The van der Waals surface area contributed by atoms with E-state index in [4.69, 9.17) is 5.26 Å². The summed E-state index contributed by atoms with van der Waals surface area (Å²) in [6.07, 6.45) is 0.451. The van der Waals surface area contributed by atoms with E-state index < -0.39 is 0 Å². The number of rotatable bonds is 6. The first kappa shape index (κ1) is 13.2. The Morgan fingerprint density at radius 3 is 2.71 bits per heavy atom. The molecule has 1 aromatic carbocycles. The molecule has 0 saturated carbocycles. The van der Waals surface area contributed by atoms with Gasteiger partial charge in [0, 0.05) is 18.7 Å². The molecule has 1 rings (SSSR count). The molecule has 0 aliphatic heterocycles. The van der Waals surface area contributed by atoms with E-state index in [-0.39, 0.29) is 5.91 Å². The molecule has 0 aliphatic carbocycles. The van der Waals surface area contributed by atoms with Crippen molar-refractivity contribution in [2.24, 2.45) is 0 Å². The van der Waals surface area contributed by atoms with Crippen molar-refractivity contribution < 1.29 is 4.79 Å². The van der Waals surface area contributed by atoms with Gasteiger partial charge >= 0.3 is 0 Å². The number of carbonyl (C=O) groups excluding carboxylic acids is 1. The van der Waals surface area contributed by atoms with Crippen LogP contribution in [0.2, 0.25) is 0 Å². The van der Waals surface area contributed by atoms with Gasteiger partial charge in [0.05, 0.1) is 12.6 Å². The lowest BCUT2D eigenvalue weighted by Gasteiger charge is -2.18. The lowest BCUT2D eigenvalue weighted by molar-refractivity contribution is -0.117. The van der Waals surface area contributed by atoms with Crippen LogP contribution in [0.1, 0.15) is 13.3 Å². The summed E-state index contributed by atoms with van der Waals surface area (Å²) in [4.78, 5) is 13.7. The molecule has 1 aromatic rings. The number of nitrogens with zero attached hydrogens (tertiary/aromatic N) is 2. The average molecular weight is 231 g/mol. The Morgan fingerprint density at radius 2 is 2.12 bits per heavy atom. The molecule has 0 heterocycles. The molecule has 0 fully saturated rings. The van der Waals surface area contributed by atoms with Crippen molar-refractivity contribution in [3.05, 3.63) is 30.3 Å². The topological polar surface area (TPSA) is 56.1 Å². The number of para-hydroxylation sites is 1. The second-order valence-electron chi connectivity index (χ2n) is 3.69. The van der Waals surface area contributed by atoms with E-state index in [1.54, 1.807) is 0 Å². The quantitative estimate of drug-likeness (QED) is 0.813. The monoisotopic (exact) mass is 231 g/mol. The maximum Gasteiger partial charge on any atom is 0.238 e. The van der Waals surface area contributed by atoms with Gasteiger partial charge in [0.2, 0.25) is 5.91 Å². The fourth-order valence-electron chi connectivity index (χ4n) is 1.48. The predicted octanol–water partition coefficient (Wildman–Crippen LogP) is 1.86. The van der Waals surface area contributed by atoms with Crippen molar-refractivity contribution in [2.45, 2.75) is 13.3 Å². The van der Waals surface area contributed by atoms with Crippen molar-refractivity contribution in [1.29, 1.82) is 5.26 Å². The fraction of sp³-hybridized carbons (Fsp3) is 0.385. The molecule has 90 valence electrons. The second kappa shape index (κ2) is 7.42. The molecular weight excluding hydrogens is 214 g/mol. The molecule has 0 radical (unpaired) electrons. The number of anilines is 1. The van der Waals surface area contributed by atoms with Gasteiger partial charge in [0.15, 0.2) is 0 Å². The van der Waals surface area contributed by atoms with Gasteiger partial charge in [-0.1, -0.05) is 25.1 Å². The van der Waals surface area contributed by atoms with E-state index >= 15 is 0 Å². The standard InChI is InChI=1S/C13H17N3O/c1-2-16(10-6-9-14)11-13(17)15-12-7-4-3-5-8-12/h3-5,7-8H,2,6,10-11H2,1H3,(H,15,17). The molecule has 0 spiro atoms. The summed E-state index contributed by atoms with van der Waals surface area (Å²) in [7, 11) is 0. The smallest absolute Gasteiger partial charge is 0.238 e. The highest BCUT2D eigenvalue weighted by Crippen LogP contribution is 2.04. The van der Waals surface area contributed by atoms with Crippen LogP contribution >= 0.6 is 0 Å². The number of likely N-dealkylation sites (N-methyl/N-ethyl adjacent to an activating group) is 1. The number of hydrogen-bond acceptors (Lipinski definition) is 3. The molecular formula is C13H17N3O. The second-order valence-corrected chi connectivity index (χ2v) is 3.69. The van der Waals surface area contributed by atoms with E-state index in [1.165, 1.54) is 0 Å². The fourth-order valence-corrected chi connectivity index (χ4v) is 1.48. The lowest BCUT2D eigenvalue weighted by Crippen LogP contribution is -2.33. The minimum atomic E-state index is -0.0454. The Labute approximate surface area is 102 Å². The van der Waals surface area contributed by atoms with Crippen LogP contribution in [0, 0.1) is 11.3 Å². The van der Waals surface area contributed by atoms with E-state index in [9.17, 15) is 4.79 Å². The highest BCUT2D eigenvalue weighted by atomic mass is 16.2. The first-order chi connectivity index (χ1) is 8.26. The summed E-state index contributed by atoms with van der Waals surface area (Å²) in [6.45, 7) is 3.71. The van der Waals surface area contributed by atoms with Crippen molar-refractivity contribution >= 4 is 11.6 Å². The van der Waals surface area contributed by atoms with Gasteiger partial charge in [0.25, 0.3) is 0 Å². The highest BCUT2D eigenvalue weighted by Gasteiger charge is 2.08. The van der Waals surface area contributed by atoms with Crippen LogP contribution in [0.3, 0.4) is 0 Å². The SMILES string of the molecule is CCN(CCC#N)CC(=O)Nc1ccccc1. The number of amides is 1. The van der Waals surface area contributed by atoms with Gasteiger partial charge in [-0.05, 0) is 18.7 Å². The molecule has 0 aliphatic rings. The Kier molecular flexibility index (Phi) is 5.76. The van der Waals surface area contributed by atoms with Crippen molar-refractivity contribution in [3.8, 4) is 6.07 Å². The number of hydrogen-bond donors (Lipinski definition) is 1. The van der Waals surface area contributed by atoms with E-state index in [2.05, 4.69) is 11.4 Å². The maximum absolute atomic E-state index is 11.7. The molecule has 0 atom stereocenters. The van der Waals surface area contributed by atoms with Gasteiger partial charge in [-0.2, -0.15) is 5.26 Å². The van der Waals surface area contributed by atoms with Crippen molar-refractivity contribution in [2.75, 3.05) is 25.0 Å².